The second kappa shape index (κ2) is 4.78. The van der Waals surface area contributed by atoms with Gasteiger partial charge in [0, 0.05) is 30.5 Å². The van der Waals surface area contributed by atoms with Crippen LogP contribution in [0.3, 0.4) is 0 Å². The molecule has 1 unspecified atom stereocenters. The van der Waals surface area contributed by atoms with Crippen molar-refractivity contribution in [2.24, 2.45) is 11.8 Å². The van der Waals surface area contributed by atoms with Gasteiger partial charge >= 0.3 is 0 Å². The second-order valence-electron chi connectivity index (χ2n) is 6.69. The smallest absolute Gasteiger partial charge is 0.274 e. The molecule has 2 fully saturated rings. The number of aryl methyl sites for hydroxylation is 2. The molecule has 6 heteroatoms. The maximum Gasteiger partial charge on any atom is 0.274 e. The number of aromatic nitrogens is 3. The van der Waals surface area contributed by atoms with Crippen molar-refractivity contribution in [2.45, 2.75) is 32.8 Å². The first-order chi connectivity index (χ1) is 10.5. The molecule has 22 heavy (non-hydrogen) atoms. The van der Waals surface area contributed by atoms with E-state index in [1.807, 2.05) is 24.8 Å². The fourth-order valence-corrected chi connectivity index (χ4v) is 3.99. The number of carbonyl (C=O) groups is 1. The first-order valence-corrected chi connectivity index (χ1v) is 7.82. The average molecular weight is 300 g/mol. The Kier molecular flexibility index (Phi) is 2.97. The molecule has 0 spiro atoms. The zero-order valence-corrected chi connectivity index (χ0v) is 12.9. The van der Waals surface area contributed by atoms with Gasteiger partial charge in [-0.15, -0.1) is 0 Å². The molecule has 0 radical (unpaired) electrons. The Morgan fingerprint density at radius 3 is 2.59 bits per heavy atom. The van der Waals surface area contributed by atoms with Gasteiger partial charge in [-0.1, -0.05) is 0 Å². The van der Waals surface area contributed by atoms with Crippen molar-refractivity contribution < 1.29 is 9.90 Å². The Balaban J connectivity index is 1.60. The lowest BCUT2D eigenvalue weighted by molar-refractivity contribution is 0.0759. The predicted octanol–water partition coefficient (Wildman–Crippen LogP) is 1.19. The van der Waals surface area contributed by atoms with E-state index in [2.05, 4.69) is 10.1 Å². The van der Waals surface area contributed by atoms with Crippen LogP contribution in [0.25, 0.3) is 5.65 Å². The van der Waals surface area contributed by atoms with Crippen molar-refractivity contribution in [3.63, 3.8) is 0 Å². The SMILES string of the molecule is Cc1cc(C)n2nc(C(=O)N3C[C@H]4CC(O)C[C@H]4C3)cc2n1. The van der Waals surface area contributed by atoms with E-state index in [-0.39, 0.29) is 12.0 Å². The number of fused-ring (bicyclic) bond motifs is 2. The highest BCUT2D eigenvalue weighted by molar-refractivity contribution is 5.93. The fraction of sp³-hybridized carbons (Fsp3) is 0.562. The Hall–Kier alpha value is -1.95. The Morgan fingerprint density at radius 1 is 1.23 bits per heavy atom. The van der Waals surface area contributed by atoms with Crippen LogP contribution in [0.15, 0.2) is 12.1 Å². The molecule has 1 saturated carbocycles. The lowest BCUT2D eigenvalue weighted by Gasteiger charge is -2.16. The fourth-order valence-electron chi connectivity index (χ4n) is 3.99. The molecular weight excluding hydrogens is 280 g/mol. The number of carbonyl (C=O) groups excluding carboxylic acids is 1. The van der Waals surface area contributed by atoms with Crippen molar-refractivity contribution in [3.05, 3.63) is 29.2 Å². The number of hydrogen-bond acceptors (Lipinski definition) is 4. The largest absolute Gasteiger partial charge is 0.393 e. The van der Waals surface area contributed by atoms with Crippen molar-refractivity contribution in [1.29, 1.82) is 0 Å². The van der Waals surface area contributed by atoms with Gasteiger partial charge in [0.15, 0.2) is 11.3 Å². The third-order valence-corrected chi connectivity index (χ3v) is 4.97. The molecule has 2 aromatic rings. The van der Waals surface area contributed by atoms with E-state index in [1.165, 1.54) is 0 Å². The quantitative estimate of drug-likeness (QED) is 0.859. The summed E-state index contributed by atoms with van der Waals surface area (Å²) < 4.78 is 1.72. The molecule has 1 aliphatic heterocycles. The summed E-state index contributed by atoms with van der Waals surface area (Å²) in [5.41, 5.74) is 3.08. The van der Waals surface area contributed by atoms with Gasteiger partial charge in [0.25, 0.3) is 5.91 Å². The second-order valence-corrected chi connectivity index (χ2v) is 6.69. The van der Waals surface area contributed by atoms with Gasteiger partial charge in [0.05, 0.1) is 6.10 Å². The lowest BCUT2D eigenvalue weighted by Crippen LogP contribution is -2.30. The van der Waals surface area contributed by atoms with E-state index in [4.69, 9.17) is 0 Å². The molecule has 3 heterocycles. The van der Waals surface area contributed by atoms with Gasteiger partial charge in [0.1, 0.15) is 0 Å². The topological polar surface area (TPSA) is 70.7 Å². The van der Waals surface area contributed by atoms with Crippen molar-refractivity contribution in [1.82, 2.24) is 19.5 Å². The zero-order chi connectivity index (χ0) is 15.4. The number of likely N-dealkylation sites (tertiary alicyclic amines) is 1. The summed E-state index contributed by atoms with van der Waals surface area (Å²) in [4.78, 5) is 19.0. The first kappa shape index (κ1) is 13.7. The minimum atomic E-state index is -0.183. The molecule has 1 N–H and O–H groups in total. The summed E-state index contributed by atoms with van der Waals surface area (Å²) in [6.45, 7) is 5.37. The van der Waals surface area contributed by atoms with Crippen LogP contribution in [0.5, 0.6) is 0 Å². The number of nitrogens with zero attached hydrogens (tertiary/aromatic N) is 4. The summed E-state index contributed by atoms with van der Waals surface area (Å²) in [5.74, 6) is 0.864. The summed E-state index contributed by atoms with van der Waals surface area (Å²) >= 11 is 0. The van der Waals surface area contributed by atoms with E-state index in [0.29, 0.717) is 17.5 Å². The van der Waals surface area contributed by atoms with Gasteiger partial charge in [-0.05, 0) is 44.6 Å². The number of amides is 1. The third kappa shape index (κ3) is 2.09. The van der Waals surface area contributed by atoms with Crippen LogP contribution in [0, 0.1) is 25.7 Å². The van der Waals surface area contributed by atoms with Gasteiger partial charge in [-0.25, -0.2) is 9.50 Å². The highest BCUT2D eigenvalue weighted by Gasteiger charge is 2.42. The molecule has 3 atom stereocenters. The lowest BCUT2D eigenvalue weighted by atomic mass is 10.0. The van der Waals surface area contributed by atoms with Gasteiger partial charge in [-0.2, -0.15) is 5.10 Å². The normalized spacial score (nSPS) is 27.6. The van der Waals surface area contributed by atoms with E-state index in [9.17, 15) is 9.90 Å². The monoisotopic (exact) mass is 300 g/mol. The molecular formula is C16H20N4O2. The molecule has 4 rings (SSSR count). The maximum atomic E-state index is 12.7. The van der Waals surface area contributed by atoms with Gasteiger partial charge < -0.3 is 10.0 Å². The van der Waals surface area contributed by atoms with Crippen molar-refractivity contribution in [3.8, 4) is 0 Å². The van der Waals surface area contributed by atoms with Crippen molar-refractivity contribution in [2.75, 3.05) is 13.1 Å². The predicted molar refractivity (Wildman–Crippen MR) is 80.6 cm³/mol. The number of rotatable bonds is 1. The van der Waals surface area contributed by atoms with E-state index >= 15 is 0 Å². The standard InChI is InChI=1S/C16H20N4O2/c1-9-3-10(2)20-15(17-9)6-14(18-20)16(22)19-7-11-4-13(21)5-12(11)8-19/h3,6,11-13,21H,4-5,7-8H2,1-2H3/t11-,12+,13?. The number of aliphatic hydroxyl groups is 1. The third-order valence-electron chi connectivity index (χ3n) is 4.97. The summed E-state index contributed by atoms with van der Waals surface area (Å²) in [7, 11) is 0. The molecule has 6 nitrogen and oxygen atoms in total. The van der Waals surface area contributed by atoms with Crippen LogP contribution < -0.4 is 0 Å². The minimum Gasteiger partial charge on any atom is -0.393 e. The molecule has 1 amide bonds. The Labute approximate surface area is 128 Å². The van der Waals surface area contributed by atoms with Crippen LogP contribution in [0.4, 0.5) is 0 Å². The van der Waals surface area contributed by atoms with Crippen LogP contribution in [0.1, 0.15) is 34.7 Å². The van der Waals surface area contributed by atoms with Crippen molar-refractivity contribution >= 4 is 11.6 Å². The van der Waals surface area contributed by atoms with Crippen LogP contribution in [0.2, 0.25) is 0 Å². The van der Waals surface area contributed by atoms with Crippen LogP contribution >= 0.6 is 0 Å². The Morgan fingerprint density at radius 2 is 1.91 bits per heavy atom. The summed E-state index contributed by atoms with van der Waals surface area (Å²) in [6, 6.07) is 3.72. The highest BCUT2D eigenvalue weighted by Crippen LogP contribution is 2.38. The van der Waals surface area contributed by atoms with Crippen LogP contribution in [-0.2, 0) is 0 Å². The molecule has 0 bridgehead atoms. The number of hydrogen-bond donors (Lipinski definition) is 1. The molecule has 2 aromatic heterocycles. The minimum absolute atomic E-state index is 0.0218. The van der Waals surface area contributed by atoms with E-state index < -0.39 is 0 Å². The average Bonchev–Trinajstić information content (AvgIpc) is 3.09. The summed E-state index contributed by atoms with van der Waals surface area (Å²) in [6.07, 6.45) is 1.45. The molecule has 1 saturated heterocycles. The Bertz CT molecular complexity index is 740. The first-order valence-electron chi connectivity index (χ1n) is 7.82. The molecule has 2 aliphatic rings. The highest BCUT2D eigenvalue weighted by atomic mass is 16.3. The zero-order valence-electron chi connectivity index (χ0n) is 12.9. The van der Waals surface area contributed by atoms with E-state index in [1.54, 1.807) is 10.6 Å². The van der Waals surface area contributed by atoms with Crippen LogP contribution in [-0.4, -0.2) is 49.7 Å². The number of aliphatic hydroxyl groups excluding tert-OH is 1. The van der Waals surface area contributed by atoms with Gasteiger partial charge in [-0.3, -0.25) is 4.79 Å². The summed E-state index contributed by atoms with van der Waals surface area (Å²) in [5, 5.41) is 14.1. The maximum absolute atomic E-state index is 12.7. The van der Waals surface area contributed by atoms with Gasteiger partial charge in [0.2, 0.25) is 0 Å². The molecule has 0 aromatic carbocycles. The molecule has 116 valence electrons. The van der Waals surface area contributed by atoms with E-state index in [0.717, 1.165) is 43.0 Å². The molecule has 1 aliphatic carbocycles.